The van der Waals surface area contributed by atoms with Gasteiger partial charge in [-0.25, -0.2) is 4.98 Å². The first kappa shape index (κ1) is 15.1. The van der Waals surface area contributed by atoms with Gasteiger partial charge in [0.15, 0.2) is 0 Å². The molecule has 0 aliphatic heterocycles. The summed E-state index contributed by atoms with van der Waals surface area (Å²) in [6.07, 6.45) is 0.372. The lowest BCUT2D eigenvalue weighted by atomic mass is 10.3. The summed E-state index contributed by atoms with van der Waals surface area (Å²) in [4.78, 5) is 20.2. The number of carbonyl (C=O) groups excluding carboxylic acids is 1. The van der Waals surface area contributed by atoms with E-state index in [0.29, 0.717) is 13.0 Å². The second-order valence-corrected chi connectivity index (χ2v) is 5.74. The summed E-state index contributed by atoms with van der Waals surface area (Å²) in [5.74, 6) is 0.0403. The van der Waals surface area contributed by atoms with Crippen molar-refractivity contribution in [3.63, 3.8) is 0 Å². The molecule has 1 aromatic heterocycles. The molecule has 1 heterocycles. The van der Waals surface area contributed by atoms with Crippen LogP contribution in [0, 0.1) is 0 Å². The third-order valence-electron chi connectivity index (χ3n) is 2.27. The Morgan fingerprint density at radius 1 is 1.33 bits per heavy atom. The maximum Gasteiger partial charge on any atom is 0.226 e. The average molecular weight is 270 g/mol. The highest BCUT2D eigenvalue weighted by Gasteiger charge is 2.07. The molecule has 0 atom stereocenters. The fraction of sp³-hybridized carbons (Fsp3) is 0.667. The van der Waals surface area contributed by atoms with Crippen LogP contribution in [0.15, 0.2) is 5.38 Å². The summed E-state index contributed by atoms with van der Waals surface area (Å²) >= 11 is 1.61. The number of nitrogens with one attached hydrogen (secondary N) is 1. The normalized spacial score (nSPS) is 11.2. The first-order valence-electron chi connectivity index (χ1n) is 5.97. The molecule has 1 N–H and O–H groups in total. The topological polar surface area (TPSA) is 48.5 Å². The van der Waals surface area contributed by atoms with Crippen LogP contribution in [-0.2, 0) is 17.8 Å². The number of thiazole rings is 1. The number of amides is 1. The van der Waals surface area contributed by atoms with Gasteiger partial charge in [-0.3, -0.25) is 4.79 Å². The second-order valence-electron chi connectivity index (χ2n) is 4.80. The maximum atomic E-state index is 11.6. The Bertz CT molecular complexity index is 376. The van der Waals surface area contributed by atoms with Crippen molar-refractivity contribution >= 4 is 17.2 Å². The molecular weight excluding hydrogens is 248 g/mol. The molecule has 0 aromatic carbocycles. The van der Waals surface area contributed by atoms with Crippen molar-refractivity contribution in [2.45, 2.75) is 13.0 Å². The Morgan fingerprint density at radius 2 is 2.06 bits per heavy atom. The molecule has 0 unspecified atom stereocenters. The van der Waals surface area contributed by atoms with Crippen LogP contribution in [0.3, 0.4) is 0 Å². The van der Waals surface area contributed by atoms with E-state index in [1.54, 1.807) is 11.3 Å². The summed E-state index contributed by atoms with van der Waals surface area (Å²) in [6.45, 7) is 2.36. The lowest BCUT2D eigenvalue weighted by Gasteiger charge is -2.09. The molecule has 0 radical (unpaired) electrons. The highest BCUT2D eigenvalue weighted by Crippen LogP contribution is 2.11. The highest BCUT2D eigenvalue weighted by molar-refractivity contribution is 7.09. The van der Waals surface area contributed by atoms with Crippen LogP contribution in [0.5, 0.6) is 0 Å². The summed E-state index contributed by atoms with van der Waals surface area (Å²) in [5, 5.41) is 5.90. The van der Waals surface area contributed by atoms with E-state index < -0.39 is 0 Å². The van der Waals surface area contributed by atoms with Crippen molar-refractivity contribution in [1.29, 1.82) is 0 Å². The molecule has 102 valence electrons. The van der Waals surface area contributed by atoms with E-state index >= 15 is 0 Å². The third-order valence-corrected chi connectivity index (χ3v) is 3.16. The Labute approximate surface area is 113 Å². The molecule has 18 heavy (non-hydrogen) atoms. The molecule has 0 saturated heterocycles. The minimum Gasteiger partial charge on any atom is -0.354 e. The van der Waals surface area contributed by atoms with Gasteiger partial charge >= 0.3 is 0 Å². The average Bonchev–Trinajstić information content (AvgIpc) is 2.63. The molecule has 1 rings (SSSR count). The molecule has 1 aromatic rings. The fourth-order valence-corrected chi connectivity index (χ4v) is 2.33. The minimum absolute atomic E-state index is 0.0403. The van der Waals surface area contributed by atoms with Crippen molar-refractivity contribution in [3.8, 4) is 0 Å². The van der Waals surface area contributed by atoms with Crippen LogP contribution >= 0.6 is 11.3 Å². The lowest BCUT2D eigenvalue weighted by Crippen LogP contribution is -2.32. The predicted octanol–water partition coefficient (Wildman–Crippen LogP) is 0.425. The Morgan fingerprint density at radius 3 is 2.67 bits per heavy atom. The van der Waals surface area contributed by atoms with E-state index in [2.05, 4.69) is 15.2 Å². The number of aromatic nitrogens is 1. The van der Waals surface area contributed by atoms with Crippen LogP contribution < -0.4 is 5.32 Å². The van der Waals surface area contributed by atoms with E-state index in [4.69, 9.17) is 0 Å². The van der Waals surface area contributed by atoms with Crippen LogP contribution in [0.25, 0.3) is 0 Å². The monoisotopic (exact) mass is 270 g/mol. The molecule has 0 bridgehead atoms. The Balaban J connectivity index is 2.33. The summed E-state index contributed by atoms with van der Waals surface area (Å²) in [5.41, 5.74) is 0.860. The van der Waals surface area contributed by atoms with Gasteiger partial charge in [0.25, 0.3) is 0 Å². The molecule has 0 aliphatic rings. The van der Waals surface area contributed by atoms with Gasteiger partial charge in [-0.1, -0.05) is 0 Å². The van der Waals surface area contributed by atoms with E-state index in [1.165, 1.54) is 0 Å². The van der Waals surface area contributed by atoms with Gasteiger partial charge < -0.3 is 15.1 Å². The van der Waals surface area contributed by atoms with Crippen LogP contribution in [0.2, 0.25) is 0 Å². The van der Waals surface area contributed by atoms with Crippen molar-refractivity contribution in [1.82, 2.24) is 20.1 Å². The van der Waals surface area contributed by atoms with Gasteiger partial charge in [-0.15, -0.1) is 11.3 Å². The van der Waals surface area contributed by atoms with E-state index in [9.17, 15) is 4.79 Å². The Hall–Kier alpha value is -0.980. The number of carbonyl (C=O) groups is 1. The minimum atomic E-state index is 0.0403. The van der Waals surface area contributed by atoms with Crippen molar-refractivity contribution in [2.75, 3.05) is 41.3 Å². The standard InChI is InChI=1S/C12H22N4OS/c1-15(2)6-5-13-11(17)7-10-9-18-12(14-10)8-16(3)4/h9H,5-8H2,1-4H3,(H,13,17). The second kappa shape index (κ2) is 7.45. The quantitative estimate of drug-likeness (QED) is 0.780. The molecular formula is C12H22N4OS. The zero-order chi connectivity index (χ0) is 13.5. The number of hydrogen-bond acceptors (Lipinski definition) is 5. The molecule has 6 heteroatoms. The number of hydrogen-bond donors (Lipinski definition) is 1. The van der Waals surface area contributed by atoms with E-state index in [1.807, 2.05) is 38.5 Å². The molecule has 1 amide bonds. The summed E-state index contributed by atoms with van der Waals surface area (Å²) in [6, 6.07) is 0. The largest absolute Gasteiger partial charge is 0.354 e. The van der Waals surface area contributed by atoms with Gasteiger partial charge in [-0.05, 0) is 28.2 Å². The van der Waals surface area contributed by atoms with Crippen LogP contribution in [0.1, 0.15) is 10.7 Å². The maximum absolute atomic E-state index is 11.6. The fourth-order valence-electron chi connectivity index (χ4n) is 1.42. The van der Waals surface area contributed by atoms with Gasteiger partial charge in [0, 0.05) is 25.0 Å². The number of rotatable bonds is 7. The van der Waals surface area contributed by atoms with Crippen molar-refractivity contribution < 1.29 is 4.79 Å². The molecule has 0 saturated carbocycles. The lowest BCUT2D eigenvalue weighted by molar-refractivity contribution is -0.120. The van der Waals surface area contributed by atoms with Gasteiger partial charge in [0.05, 0.1) is 12.1 Å². The first-order valence-corrected chi connectivity index (χ1v) is 6.85. The smallest absolute Gasteiger partial charge is 0.226 e. The molecule has 0 aliphatic carbocycles. The predicted molar refractivity (Wildman–Crippen MR) is 74.8 cm³/mol. The highest BCUT2D eigenvalue weighted by atomic mass is 32.1. The van der Waals surface area contributed by atoms with Crippen LogP contribution in [-0.4, -0.2) is 62.0 Å². The van der Waals surface area contributed by atoms with Gasteiger partial charge in [0.2, 0.25) is 5.91 Å². The summed E-state index contributed by atoms with van der Waals surface area (Å²) < 4.78 is 0. The molecule has 5 nitrogen and oxygen atoms in total. The van der Waals surface area contributed by atoms with Gasteiger partial charge in [-0.2, -0.15) is 0 Å². The zero-order valence-electron chi connectivity index (χ0n) is 11.6. The first-order chi connectivity index (χ1) is 8.47. The summed E-state index contributed by atoms with van der Waals surface area (Å²) in [7, 11) is 7.99. The van der Waals surface area contributed by atoms with E-state index in [0.717, 1.165) is 23.8 Å². The zero-order valence-corrected chi connectivity index (χ0v) is 12.4. The molecule has 0 spiro atoms. The Kier molecular flexibility index (Phi) is 6.24. The number of likely N-dealkylation sites (N-methyl/N-ethyl adjacent to an activating group) is 1. The number of nitrogens with zero attached hydrogens (tertiary/aromatic N) is 3. The van der Waals surface area contributed by atoms with Crippen molar-refractivity contribution in [2.24, 2.45) is 0 Å². The van der Waals surface area contributed by atoms with E-state index in [-0.39, 0.29) is 5.91 Å². The van der Waals surface area contributed by atoms with Crippen LogP contribution in [0.4, 0.5) is 0 Å². The molecule has 0 fully saturated rings. The van der Waals surface area contributed by atoms with Crippen molar-refractivity contribution in [3.05, 3.63) is 16.1 Å². The third kappa shape index (κ3) is 6.09. The van der Waals surface area contributed by atoms with Gasteiger partial charge in [0.1, 0.15) is 5.01 Å². The SMILES string of the molecule is CN(C)CCNC(=O)Cc1csc(CN(C)C)n1.